The number of methoxy groups -OCH3 is 1. The van der Waals surface area contributed by atoms with Crippen LogP contribution in [0.4, 0.5) is 11.5 Å². The van der Waals surface area contributed by atoms with Gasteiger partial charge in [-0.05, 0) is 6.07 Å². The number of nitrogens with two attached hydrogens (primary N) is 1. The fourth-order valence-electron chi connectivity index (χ4n) is 2.09. The highest BCUT2D eigenvalue weighted by Gasteiger charge is 2.22. The lowest BCUT2D eigenvalue weighted by molar-refractivity contribution is -0.135. The summed E-state index contributed by atoms with van der Waals surface area (Å²) in [7, 11) is 1.52. The zero-order valence-electron chi connectivity index (χ0n) is 10.8. The minimum atomic E-state index is 0.0131. The largest absolute Gasteiger partial charge is 0.396 e. The first-order valence-electron chi connectivity index (χ1n) is 6.04. The molecule has 0 radical (unpaired) electrons. The third kappa shape index (κ3) is 3.27. The van der Waals surface area contributed by atoms with Gasteiger partial charge in [-0.15, -0.1) is 0 Å². The number of amides is 1. The molecule has 2 heterocycles. The number of nitrogens with zero attached hydrogens (tertiary/aromatic N) is 3. The standard InChI is InChI=1S/C12H17ClN4O2/c1-19-8-11(18)16-2-4-17(5-3-16)12-10(14)6-9(13)7-15-12/h6-7H,2-5,8,14H2,1H3. The highest BCUT2D eigenvalue weighted by atomic mass is 35.5. The first kappa shape index (κ1) is 13.9. The molecule has 0 unspecified atom stereocenters. The van der Waals surface area contributed by atoms with Crippen LogP contribution in [-0.4, -0.2) is 55.7 Å². The minimum Gasteiger partial charge on any atom is -0.396 e. The van der Waals surface area contributed by atoms with Gasteiger partial charge >= 0.3 is 0 Å². The van der Waals surface area contributed by atoms with Crippen molar-refractivity contribution in [1.29, 1.82) is 0 Å². The highest BCUT2D eigenvalue weighted by Crippen LogP contribution is 2.24. The number of anilines is 2. The molecule has 1 fully saturated rings. The van der Waals surface area contributed by atoms with E-state index in [-0.39, 0.29) is 12.5 Å². The fourth-order valence-corrected chi connectivity index (χ4v) is 2.26. The summed E-state index contributed by atoms with van der Waals surface area (Å²) in [6, 6.07) is 1.69. The molecule has 2 rings (SSSR count). The van der Waals surface area contributed by atoms with E-state index in [4.69, 9.17) is 22.1 Å². The number of rotatable bonds is 3. The molecule has 6 nitrogen and oxygen atoms in total. The van der Waals surface area contributed by atoms with Crippen LogP contribution in [-0.2, 0) is 9.53 Å². The molecule has 1 aliphatic rings. The minimum absolute atomic E-state index is 0.0131. The second-order valence-electron chi connectivity index (χ2n) is 4.37. The molecular formula is C12H17ClN4O2. The maximum atomic E-state index is 11.7. The van der Waals surface area contributed by atoms with Crippen LogP contribution in [0.2, 0.25) is 5.02 Å². The SMILES string of the molecule is COCC(=O)N1CCN(c2ncc(Cl)cc2N)CC1. The molecule has 1 amide bonds. The molecule has 2 N–H and O–H groups in total. The number of piperazine rings is 1. The third-order valence-electron chi connectivity index (χ3n) is 3.06. The Morgan fingerprint density at radius 3 is 2.74 bits per heavy atom. The summed E-state index contributed by atoms with van der Waals surface area (Å²) in [6.07, 6.45) is 1.58. The van der Waals surface area contributed by atoms with Crippen LogP contribution >= 0.6 is 11.6 Å². The Morgan fingerprint density at radius 1 is 1.47 bits per heavy atom. The van der Waals surface area contributed by atoms with E-state index in [1.807, 2.05) is 0 Å². The number of aromatic nitrogens is 1. The quantitative estimate of drug-likeness (QED) is 0.881. The van der Waals surface area contributed by atoms with E-state index >= 15 is 0 Å². The molecule has 1 aromatic rings. The van der Waals surface area contributed by atoms with Crippen LogP contribution in [0, 0.1) is 0 Å². The van der Waals surface area contributed by atoms with E-state index in [1.165, 1.54) is 7.11 Å². The number of carbonyl (C=O) groups excluding carboxylic acids is 1. The third-order valence-corrected chi connectivity index (χ3v) is 3.27. The Kier molecular flexibility index (Phi) is 4.44. The molecule has 0 atom stereocenters. The summed E-state index contributed by atoms with van der Waals surface area (Å²) in [4.78, 5) is 19.8. The van der Waals surface area contributed by atoms with Crippen molar-refractivity contribution in [3.8, 4) is 0 Å². The number of nitrogen functional groups attached to an aromatic ring is 1. The molecule has 1 saturated heterocycles. The number of pyridine rings is 1. The normalized spacial score (nSPS) is 15.7. The van der Waals surface area contributed by atoms with Gasteiger partial charge in [0, 0.05) is 39.5 Å². The van der Waals surface area contributed by atoms with Crippen molar-refractivity contribution in [2.75, 3.05) is 50.5 Å². The Labute approximate surface area is 117 Å². The van der Waals surface area contributed by atoms with E-state index in [9.17, 15) is 4.79 Å². The van der Waals surface area contributed by atoms with Crippen molar-refractivity contribution < 1.29 is 9.53 Å². The van der Waals surface area contributed by atoms with E-state index < -0.39 is 0 Å². The van der Waals surface area contributed by atoms with Crippen molar-refractivity contribution in [1.82, 2.24) is 9.88 Å². The van der Waals surface area contributed by atoms with Gasteiger partial charge in [-0.3, -0.25) is 4.79 Å². The predicted octanol–water partition coefficient (Wildman–Crippen LogP) is 0.612. The van der Waals surface area contributed by atoms with Crippen LogP contribution in [0.25, 0.3) is 0 Å². The van der Waals surface area contributed by atoms with E-state index in [0.29, 0.717) is 36.9 Å². The lowest BCUT2D eigenvalue weighted by Crippen LogP contribution is -2.50. The van der Waals surface area contributed by atoms with Crippen LogP contribution in [0.1, 0.15) is 0 Å². The second kappa shape index (κ2) is 6.08. The Balaban J connectivity index is 1.98. The van der Waals surface area contributed by atoms with Gasteiger partial charge < -0.3 is 20.3 Å². The second-order valence-corrected chi connectivity index (χ2v) is 4.80. The van der Waals surface area contributed by atoms with Gasteiger partial charge in [-0.1, -0.05) is 11.6 Å². The van der Waals surface area contributed by atoms with Crippen LogP contribution in [0.3, 0.4) is 0 Å². The number of hydrogen-bond donors (Lipinski definition) is 1. The summed E-state index contributed by atoms with van der Waals surface area (Å²) >= 11 is 5.83. The average Bonchev–Trinajstić information content (AvgIpc) is 2.39. The molecule has 7 heteroatoms. The van der Waals surface area contributed by atoms with E-state index in [0.717, 1.165) is 5.82 Å². The molecular weight excluding hydrogens is 268 g/mol. The van der Waals surface area contributed by atoms with Gasteiger partial charge in [0.05, 0.1) is 10.7 Å². The number of hydrogen-bond acceptors (Lipinski definition) is 5. The van der Waals surface area contributed by atoms with Crippen molar-refractivity contribution in [3.63, 3.8) is 0 Å². The van der Waals surface area contributed by atoms with Gasteiger partial charge in [0.2, 0.25) is 5.91 Å². The molecule has 19 heavy (non-hydrogen) atoms. The lowest BCUT2D eigenvalue weighted by atomic mass is 10.3. The topological polar surface area (TPSA) is 71.7 Å². The lowest BCUT2D eigenvalue weighted by Gasteiger charge is -2.35. The van der Waals surface area contributed by atoms with Crippen molar-refractivity contribution in [3.05, 3.63) is 17.3 Å². The van der Waals surface area contributed by atoms with Crippen LogP contribution in [0.5, 0.6) is 0 Å². The monoisotopic (exact) mass is 284 g/mol. The maximum Gasteiger partial charge on any atom is 0.248 e. The fraction of sp³-hybridized carbons (Fsp3) is 0.500. The van der Waals surface area contributed by atoms with Gasteiger partial charge in [-0.2, -0.15) is 0 Å². The van der Waals surface area contributed by atoms with Crippen LogP contribution in [0.15, 0.2) is 12.3 Å². The summed E-state index contributed by atoms with van der Waals surface area (Å²) in [5, 5.41) is 0.523. The number of carbonyl (C=O) groups is 1. The number of halogens is 1. The van der Waals surface area contributed by atoms with Crippen molar-refractivity contribution >= 4 is 29.0 Å². The molecule has 1 aromatic heterocycles. The molecule has 0 bridgehead atoms. The molecule has 0 saturated carbocycles. The van der Waals surface area contributed by atoms with Gasteiger partial charge in [0.1, 0.15) is 6.61 Å². The van der Waals surface area contributed by atoms with Gasteiger partial charge in [0.15, 0.2) is 5.82 Å². The summed E-state index contributed by atoms with van der Waals surface area (Å²) in [5.74, 6) is 0.738. The van der Waals surface area contributed by atoms with Crippen molar-refractivity contribution in [2.24, 2.45) is 0 Å². The predicted molar refractivity (Wildman–Crippen MR) is 74.3 cm³/mol. The highest BCUT2D eigenvalue weighted by molar-refractivity contribution is 6.30. The smallest absolute Gasteiger partial charge is 0.248 e. The van der Waals surface area contributed by atoms with Crippen molar-refractivity contribution in [2.45, 2.75) is 0 Å². The molecule has 0 aliphatic carbocycles. The molecule has 1 aliphatic heterocycles. The molecule has 104 valence electrons. The summed E-state index contributed by atoms with van der Waals surface area (Å²) < 4.78 is 4.85. The van der Waals surface area contributed by atoms with Gasteiger partial charge in [0.25, 0.3) is 0 Å². The zero-order chi connectivity index (χ0) is 13.8. The molecule has 0 spiro atoms. The van der Waals surface area contributed by atoms with E-state index in [2.05, 4.69) is 9.88 Å². The van der Waals surface area contributed by atoms with Crippen LogP contribution < -0.4 is 10.6 Å². The zero-order valence-corrected chi connectivity index (χ0v) is 11.6. The summed E-state index contributed by atoms with van der Waals surface area (Å²) in [6.45, 7) is 2.82. The molecule has 0 aromatic carbocycles. The number of ether oxygens (including phenoxy) is 1. The summed E-state index contributed by atoms with van der Waals surface area (Å²) in [5.41, 5.74) is 6.46. The maximum absolute atomic E-state index is 11.7. The average molecular weight is 285 g/mol. The Bertz CT molecular complexity index is 461. The first-order chi connectivity index (χ1) is 9.11. The first-order valence-corrected chi connectivity index (χ1v) is 6.42. The van der Waals surface area contributed by atoms with E-state index in [1.54, 1.807) is 17.2 Å². The Morgan fingerprint density at radius 2 is 2.16 bits per heavy atom. The van der Waals surface area contributed by atoms with Gasteiger partial charge in [-0.25, -0.2) is 4.98 Å². The Hall–Kier alpha value is -1.53.